The van der Waals surface area contributed by atoms with E-state index in [0.29, 0.717) is 25.7 Å². The van der Waals surface area contributed by atoms with Crippen molar-refractivity contribution in [2.24, 2.45) is 16.6 Å². The fraction of sp³-hybridized carbons (Fsp3) is 0.389. The van der Waals surface area contributed by atoms with Crippen LogP contribution in [0.3, 0.4) is 0 Å². The lowest BCUT2D eigenvalue weighted by atomic mass is 10.2. The fourth-order valence-electron chi connectivity index (χ4n) is 2.78. The van der Waals surface area contributed by atoms with Crippen LogP contribution in [0.4, 0.5) is 0 Å². The molecule has 8 nitrogen and oxygen atoms in total. The molecule has 0 aliphatic carbocycles. The van der Waals surface area contributed by atoms with Crippen molar-refractivity contribution in [1.82, 2.24) is 15.2 Å². The summed E-state index contributed by atoms with van der Waals surface area (Å²) in [5, 5.41) is 9.12. The number of nitrogens with one attached hydrogen (secondary N) is 1. The summed E-state index contributed by atoms with van der Waals surface area (Å²) in [6.45, 7) is 2.74. The van der Waals surface area contributed by atoms with Crippen LogP contribution < -0.4 is 21.5 Å². The molecule has 1 aromatic carbocycles. The van der Waals surface area contributed by atoms with Crippen molar-refractivity contribution in [3.8, 4) is 5.75 Å². The van der Waals surface area contributed by atoms with Crippen molar-refractivity contribution >= 4 is 5.96 Å². The van der Waals surface area contributed by atoms with E-state index in [0.717, 1.165) is 30.0 Å². The summed E-state index contributed by atoms with van der Waals surface area (Å²) in [5.41, 5.74) is 13.0. The maximum Gasteiger partial charge on any atom is 0.216 e. The van der Waals surface area contributed by atoms with Gasteiger partial charge in [-0.2, -0.15) is 0 Å². The first kappa shape index (κ1) is 18.1. The summed E-state index contributed by atoms with van der Waals surface area (Å²) in [5.74, 6) is 2.22. The third kappa shape index (κ3) is 4.68. The molecule has 1 aliphatic heterocycles. The molecular formula is C18H26N6O2. The monoisotopic (exact) mass is 358 g/mol. The SMILES string of the molecule is CN1N=C(N)N(CCCOc2cccc(CNCc3ccco3)c2)C1N. The zero-order valence-electron chi connectivity index (χ0n) is 15.0. The van der Waals surface area contributed by atoms with Gasteiger partial charge in [-0.05, 0) is 36.2 Å². The Labute approximate surface area is 153 Å². The van der Waals surface area contributed by atoms with E-state index in [1.165, 1.54) is 0 Å². The third-order valence-corrected chi connectivity index (χ3v) is 4.18. The van der Waals surface area contributed by atoms with Crippen LogP contribution in [0.15, 0.2) is 52.2 Å². The van der Waals surface area contributed by atoms with Crippen molar-refractivity contribution in [2.75, 3.05) is 20.2 Å². The molecule has 1 aliphatic rings. The summed E-state index contributed by atoms with van der Waals surface area (Å²) >= 11 is 0. The van der Waals surface area contributed by atoms with E-state index >= 15 is 0 Å². The number of furan rings is 1. The lowest BCUT2D eigenvalue weighted by Crippen LogP contribution is -2.49. The molecule has 1 unspecified atom stereocenters. The van der Waals surface area contributed by atoms with E-state index in [9.17, 15) is 0 Å². The van der Waals surface area contributed by atoms with E-state index < -0.39 is 0 Å². The minimum atomic E-state index is -0.307. The Balaban J connectivity index is 1.39. The zero-order valence-corrected chi connectivity index (χ0v) is 15.0. The minimum absolute atomic E-state index is 0.307. The first-order valence-electron chi connectivity index (χ1n) is 8.67. The molecular weight excluding hydrogens is 332 g/mol. The highest BCUT2D eigenvalue weighted by molar-refractivity contribution is 5.79. The van der Waals surface area contributed by atoms with Gasteiger partial charge >= 0.3 is 0 Å². The topological polar surface area (TPSA) is 105 Å². The Bertz CT molecular complexity index is 718. The highest BCUT2D eigenvalue weighted by atomic mass is 16.5. The standard InChI is InChI=1S/C18H26N6O2/c1-23-18(20)24(17(19)22-23)8-4-10-25-15-6-2-5-14(11-15)12-21-13-16-7-3-9-26-16/h2-3,5-7,9,11,18,21H,4,8,10,12-13,20H2,1H3,(H2,19,22). The van der Waals surface area contributed by atoms with Gasteiger partial charge in [-0.3, -0.25) is 10.7 Å². The highest BCUT2D eigenvalue weighted by Gasteiger charge is 2.26. The van der Waals surface area contributed by atoms with E-state index in [2.05, 4.69) is 16.5 Å². The van der Waals surface area contributed by atoms with Crippen LogP contribution >= 0.6 is 0 Å². The maximum atomic E-state index is 6.01. The van der Waals surface area contributed by atoms with Crippen LogP contribution in [-0.4, -0.2) is 42.4 Å². The van der Waals surface area contributed by atoms with E-state index in [4.69, 9.17) is 20.6 Å². The number of benzene rings is 1. The Hall–Kier alpha value is -2.71. The Kier molecular flexibility index (Phi) is 5.98. The van der Waals surface area contributed by atoms with Gasteiger partial charge in [0.05, 0.1) is 19.4 Å². The number of ether oxygens (including phenoxy) is 1. The average molecular weight is 358 g/mol. The van der Waals surface area contributed by atoms with Gasteiger partial charge in [0.1, 0.15) is 11.5 Å². The molecule has 8 heteroatoms. The molecule has 140 valence electrons. The van der Waals surface area contributed by atoms with Gasteiger partial charge < -0.3 is 25.1 Å². The second kappa shape index (κ2) is 8.59. The Morgan fingerprint density at radius 1 is 1.27 bits per heavy atom. The zero-order chi connectivity index (χ0) is 18.4. The number of hydrogen-bond donors (Lipinski definition) is 3. The molecule has 3 rings (SSSR count). The lowest BCUT2D eigenvalue weighted by molar-refractivity contribution is 0.157. The number of rotatable bonds is 9. The lowest BCUT2D eigenvalue weighted by Gasteiger charge is -2.25. The molecule has 0 radical (unpaired) electrons. The normalized spacial score (nSPS) is 16.8. The Morgan fingerprint density at radius 2 is 2.15 bits per heavy atom. The van der Waals surface area contributed by atoms with Gasteiger partial charge in [-0.1, -0.05) is 12.1 Å². The number of nitrogens with two attached hydrogens (primary N) is 2. The molecule has 5 N–H and O–H groups in total. The van der Waals surface area contributed by atoms with Gasteiger partial charge in [0.15, 0.2) is 6.29 Å². The van der Waals surface area contributed by atoms with Crippen LogP contribution in [-0.2, 0) is 13.1 Å². The minimum Gasteiger partial charge on any atom is -0.494 e. The van der Waals surface area contributed by atoms with Gasteiger partial charge in [0.2, 0.25) is 5.96 Å². The van der Waals surface area contributed by atoms with Crippen molar-refractivity contribution in [3.63, 3.8) is 0 Å². The third-order valence-electron chi connectivity index (χ3n) is 4.18. The first-order valence-corrected chi connectivity index (χ1v) is 8.67. The van der Waals surface area contributed by atoms with Crippen molar-refractivity contribution in [1.29, 1.82) is 0 Å². The van der Waals surface area contributed by atoms with Gasteiger partial charge in [-0.15, -0.1) is 5.10 Å². The predicted molar refractivity (Wildman–Crippen MR) is 99.9 cm³/mol. The summed E-state index contributed by atoms with van der Waals surface area (Å²) in [6, 6.07) is 11.9. The van der Waals surface area contributed by atoms with E-state index in [1.54, 1.807) is 18.3 Å². The molecule has 0 saturated carbocycles. The largest absolute Gasteiger partial charge is 0.494 e. The van der Waals surface area contributed by atoms with Crippen molar-refractivity contribution in [3.05, 3.63) is 54.0 Å². The van der Waals surface area contributed by atoms with Crippen molar-refractivity contribution in [2.45, 2.75) is 25.8 Å². The molecule has 0 bridgehead atoms. The van der Waals surface area contributed by atoms with Gasteiger partial charge in [0, 0.05) is 20.1 Å². The molecule has 2 aromatic rings. The molecule has 1 atom stereocenters. The van der Waals surface area contributed by atoms with Crippen LogP contribution in [0.5, 0.6) is 5.75 Å². The fourth-order valence-corrected chi connectivity index (χ4v) is 2.78. The van der Waals surface area contributed by atoms with Crippen LogP contribution in [0.1, 0.15) is 17.7 Å². The van der Waals surface area contributed by atoms with E-state index in [-0.39, 0.29) is 6.29 Å². The summed E-state index contributed by atoms with van der Waals surface area (Å²) in [4.78, 5) is 1.86. The molecule has 0 amide bonds. The number of hydrazone groups is 1. The second-order valence-corrected chi connectivity index (χ2v) is 6.17. The second-order valence-electron chi connectivity index (χ2n) is 6.17. The average Bonchev–Trinajstić information content (AvgIpc) is 3.22. The first-order chi connectivity index (χ1) is 12.6. The summed E-state index contributed by atoms with van der Waals surface area (Å²) < 4.78 is 11.2. The molecule has 2 heterocycles. The molecule has 1 aromatic heterocycles. The number of hydrogen-bond acceptors (Lipinski definition) is 8. The summed E-state index contributed by atoms with van der Waals surface area (Å²) in [6.07, 6.45) is 2.18. The van der Waals surface area contributed by atoms with Crippen LogP contribution in [0.25, 0.3) is 0 Å². The predicted octanol–water partition coefficient (Wildman–Crippen LogP) is 1.06. The molecule has 0 saturated heterocycles. The van der Waals surface area contributed by atoms with E-state index in [1.807, 2.05) is 35.2 Å². The van der Waals surface area contributed by atoms with Crippen LogP contribution in [0.2, 0.25) is 0 Å². The molecule has 0 spiro atoms. The number of nitrogens with zero attached hydrogens (tertiary/aromatic N) is 3. The van der Waals surface area contributed by atoms with Gasteiger partial charge in [0.25, 0.3) is 0 Å². The highest BCUT2D eigenvalue weighted by Crippen LogP contribution is 2.14. The Morgan fingerprint density at radius 3 is 2.88 bits per heavy atom. The quantitative estimate of drug-likeness (QED) is 0.576. The van der Waals surface area contributed by atoms with Crippen molar-refractivity contribution < 1.29 is 9.15 Å². The molecule has 0 fully saturated rings. The summed E-state index contributed by atoms with van der Waals surface area (Å²) in [7, 11) is 1.81. The molecule has 26 heavy (non-hydrogen) atoms. The smallest absolute Gasteiger partial charge is 0.216 e. The van der Waals surface area contributed by atoms with Crippen LogP contribution in [0, 0.1) is 0 Å². The number of guanidine groups is 1. The van der Waals surface area contributed by atoms with Gasteiger partial charge in [-0.25, -0.2) is 0 Å². The maximum absolute atomic E-state index is 6.01.